The number of nitrogens with zero attached hydrogens (tertiary/aromatic N) is 3. The molecule has 0 aromatic carbocycles. The van der Waals surface area contributed by atoms with Crippen LogP contribution in [0.15, 0.2) is 30.7 Å². The maximum absolute atomic E-state index is 6.02. The quantitative estimate of drug-likeness (QED) is 0.887. The normalized spacial score (nSPS) is 17.4. The molecule has 0 aliphatic heterocycles. The first-order chi connectivity index (χ1) is 10.2. The van der Waals surface area contributed by atoms with Crippen LogP contribution in [0.5, 0.6) is 0 Å². The van der Waals surface area contributed by atoms with E-state index in [1.165, 1.54) is 31.2 Å². The molecule has 2 aromatic heterocycles. The van der Waals surface area contributed by atoms with Gasteiger partial charge in [0.15, 0.2) is 0 Å². The van der Waals surface area contributed by atoms with Crippen molar-refractivity contribution in [1.82, 2.24) is 14.3 Å². The van der Waals surface area contributed by atoms with Crippen molar-refractivity contribution >= 4 is 0 Å². The lowest BCUT2D eigenvalue weighted by molar-refractivity contribution is 0.461. The third-order valence-electron chi connectivity index (χ3n) is 4.54. The zero-order valence-corrected chi connectivity index (χ0v) is 12.9. The van der Waals surface area contributed by atoms with Gasteiger partial charge in [-0.3, -0.25) is 4.68 Å². The minimum Gasteiger partial charge on any atom is -0.348 e. The SMILES string of the molecule is CCC(N)Cc1ccn(Cc2ccn(C3CCCC3)n2)c1. The van der Waals surface area contributed by atoms with Gasteiger partial charge in [-0.05, 0) is 43.4 Å². The summed E-state index contributed by atoms with van der Waals surface area (Å²) in [4.78, 5) is 0. The molecule has 3 rings (SSSR count). The zero-order valence-electron chi connectivity index (χ0n) is 12.9. The first-order valence-electron chi connectivity index (χ1n) is 8.19. The Morgan fingerprint density at radius 3 is 2.86 bits per heavy atom. The van der Waals surface area contributed by atoms with Crippen molar-refractivity contribution in [2.24, 2.45) is 5.73 Å². The molecule has 114 valence electrons. The van der Waals surface area contributed by atoms with Crippen molar-refractivity contribution in [3.63, 3.8) is 0 Å². The molecule has 1 atom stereocenters. The Morgan fingerprint density at radius 2 is 2.10 bits per heavy atom. The van der Waals surface area contributed by atoms with E-state index in [9.17, 15) is 0 Å². The highest BCUT2D eigenvalue weighted by Crippen LogP contribution is 2.28. The first-order valence-corrected chi connectivity index (χ1v) is 8.19. The predicted octanol–water partition coefficient (Wildman–Crippen LogP) is 3.13. The largest absolute Gasteiger partial charge is 0.348 e. The highest BCUT2D eigenvalue weighted by molar-refractivity contribution is 5.13. The molecule has 0 spiro atoms. The van der Waals surface area contributed by atoms with Gasteiger partial charge in [-0.1, -0.05) is 19.8 Å². The van der Waals surface area contributed by atoms with Crippen LogP contribution in [-0.2, 0) is 13.0 Å². The summed E-state index contributed by atoms with van der Waals surface area (Å²) in [5.41, 5.74) is 8.48. The third kappa shape index (κ3) is 3.56. The molecule has 0 bridgehead atoms. The third-order valence-corrected chi connectivity index (χ3v) is 4.54. The molecule has 1 unspecified atom stereocenters. The molecule has 0 saturated heterocycles. The lowest BCUT2D eigenvalue weighted by Gasteiger charge is -2.09. The molecular formula is C17H26N4. The molecule has 0 radical (unpaired) electrons. The number of hydrogen-bond acceptors (Lipinski definition) is 2. The Kier molecular flexibility index (Phi) is 4.44. The lowest BCUT2D eigenvalue weighted by Crippen LogP contribution is -2.21. The van der Waals surface area contributed by atoms with Gasteiger partial charge < -0.3 is 10.3 Å². The summed E-state index contributed by atoms with van der Waals surface area (Å²) in [6.07, 6.45) is 13.7. The van der Waals surface area contributed by atoms with Crippen molar-refractivity contribution in [2.45, 2.75) is 64.1 Å². The highest BCUT2D eigenvalue weighted by Gasteiger charge is 2.17. The number of rotatable bonds is 6. The number of nitrogens with two attached hydrogens (primary N) is 1. The highest BCUT2D eigenvalue weighted by atomic mass is 15.3. The molecule has 2 N–H and O–H groups in total. The summed E-state index contributed by atoms with van der Waals surface area (Å²) >= 11 is 0. The van der Waals surface area contributed by atoms with Crippen LogP contribution in [0.2, 0.25) is 0 Å². The van der Waals surface area contributed by atoms with Gasteiger partial charge in [0.05, 0.1) is 18.3 Å². The van der Waals surface area contributed by atoms with Crippen LogP contribution in [0.3, 0.4) is 0 Å². The molecule has 2 heterocycles. The van der Waals surface area contributed by atoms with E-state index < -0.39 is 0 Å². The van der Waals surface area contributed by atoms with Gasteiger partial charge in [0.25, 0.3) is 0 Å². The summed E-state index contributed by atoms with van der Waals surface area (Å²) < 4.78 is 4.37. The Balaban J connectivity index is 1.61. The van der Waals surface area contributed by atoms with Gasteiger partial charge >= 0.3 is 0 Å². The molecule has 1 saturated carbocycles. The predicted molar refractivity (Wildman–Crippen MR) is 85.2 cm³/mol. The molecule has 4 heteroatoms. The van der Waals surface area contributed by atoms with Gasteiger partial charge in [-0.25, -0.2) is 0 Å². The summed E-state index contributed by atoms with van der Waals surface area (Å²) in [6.45, 7) is 2.98. The maximum Gasteiger partial charge on any atom is 0.0821 e. The van der Waals surface area contributed by atoms with Crippen molar-refractivity contribution in [3.8, 4) is 0 Å². The van der Waals surface area contributed by atoms with Crippen molar-refractivity contribution in [2.75, 3.05) is 0 Å². The first kappa shape index (κ1) is 14.4. The van der Waals surface area contributed by atoms with Gasteiger partial charge in [0, 0.05) is 24.6 Å². The Labute approximate surface area is 126 Å². The molecule has 1 fully saturated rings. The second-order valence-electron chi connectivity index (χ2n) is 6.29. The van der Waals surface area contributed by atoms with E-state index in [1.807, 2.05) is 0 Å². The fourth-order valence-electron chi connectivity index (χ4n) is 3.18. The van der Waals surface area contributed by atoms with Crippen LogP contribution in [0.4, 0.5) is 0 Å². The fraction of sp³-hybridized carbons (Fsp3) is 0.588. The maximum atomic E-state index is 6.02. The van der Waals surface area contributed by atoms with Gasteiger partial charge in [-0.15, -0.1) is 0 Å². The molecular weight excluding hydrogens is 260 g/mol. The van der Waals surface area contributed by atoms with Crippen LogP contribution < -0.4 is 5.73 Å². The summed E-state index contributed by atoms with van der Waals surface area (Å²) in [5.74, 6) is 0. The van der Waals surface area contributed by atoms with Crippen LogP contribution in [0, 0.1) is 0 Å². The Hall–Kier alpha value is -1.55. The Morgan fingerprint density at radius 1 is 1.29 bits per heavy atom. The van der Waals surface area contributed by atoms with Crippen molar-refractivity contribution in [3.05, 3.63) is 42.0 Å². The fourth-order valence-corrected chi connectivity index (χ4v) is 3.18. The number of aromatic nitrogens is 3. The van der Waals surface area contributed by atoms with E-state index in [4.69, 9.17) is 10.8 Å². The van der Waals surface area contributed by atoms with E-state index >= 15 is 0 Å². The van der Waals surface area contributed by atoms with Crippen molar-refractivity contribution < 1.29 is 0 Å². The molecule has 0 amide bonds. The van der Waals surface area contributed by atoms with Crippen LogP contribution in [-0.4, -0.2) is 20.4 Å². The van der Waals surface area contributed by atoms with E-state index in [-0.39, 0.29) is 6.04 Å². The van der Waals surface area contributed by atoms with Crippen LogP contribution in [0.25, 0.3) is 0 Å². The van der Waals surface area contributed by atoms with E-state index in [0.29, 0.717) is 6.04 Å². The summed E-state index contributed by atoms with van der Waals surface area (Å²) in [6, 6.07) is 5.21. The monoisotopic (exact) mass is 286 g/mol. The second-order valence-corrected chi connectivity index (χ2v) is 6.29. The minimum atomic E-state index is 0.266. The van der Waals surface area contributed by atoms with Gasteiger partial charge in [0.2, 0.25) is 0 Å². The molecule has 1 aliphatic rings. The van der Waals surface area contributed by atoms with Gasteiger partial charge in [-0.2, -0.15) is 5.10 Å². The molecule has 1 aliphatic carbocycles. The topological polar surface area (TPSA) is 48.8 Å². The molecule has 21 heavy (non-hydrogen) atoms. The average Bonchev–Trinajstić information content (AvgIpc) is 3.19. The van der Waals surface area contributed by atoms with Gasteiger partial charge in [0.1, 0.15) is 0 Å². The lowest BCUT2D eigenvalue weighted by atomic mass is 10.1. The average molecular weight is 286 g/mol. The second kappa shape index (κ2) is 6.48. The number of hydrogen-bond donors (Lipinski definition) is 1. The minimum absolute atomic E-state index is 0.266. The van der Waals surface area contributed by atoms with E-state index in [0.717, 1.165) is 25.1 Å². The molecule has 4 nitrogen and oxygen atoms in total. The van der Waals surface area contributed by atoms with Crippen LogP contribution >= 0.6 is 0 Å². The summed E-state index contributed by atoms with van der Waals surface area (Å²) in [7, 11) is 0. The van der Waals surface area contributed by atoms with Crippen molar-refractivity contribution in [1.29, 1.82) is 0 Å². The Bertz CT molecular complexity index is 563. The zero-order chi connectivity index (χ0) is 14.7. The summed E-state index contributed by atoms with van der Waals surface area (Å²) in [5, 5.41) is 4.75. The van der Waals surface area contributed by atoms with Crippen LogP contribution in [0.1, 0.15) is 56.3 Å². The van der Waals surface area contributed by atoms with E-state index in [1.54, 1.807) is 0 Å². The van der Waals surface area contributed by atoms with E-state index in [2.05, 4.69) is 46.9 Å². The smallest absolute Gasteiger partial charge is 0.0821 e. The standard InChI is InChI=1S/C17H26N4/c1-2-15(18)11-14-7-9-20(12-14)13-16-8-10-21(19-16)17-5-3-4-6-17/h7-10,12,15,17H,2-6,11,13,18H2,1H3. The molecule has 2 aromatic rings.